The van der Waals surface area contributed by atoms with Crippen molar-refractivity contribution >= 4 is 17.1 Å². The van der Waals surface area contributed by atoms with Crippen LogP contribution in [0.2, 0.25) is 0 Å². The second-order valence-corrected chi connectivity index (χ2v) is 6.52. The van der Waals surface area contributed by atoms with Gasteiger partial charge in [0.05, 0.1) is 11.4 Å². The molecular weight excluding hydrogens is 294 g/mol. The van der Waals surface area contributed by atoms with E-state index in [1.54, 1.807) is 24.5 Å². The van der Waals surface area contributed by atoms with E-state index < -0.39 is 0 Å². The highest BCUT2D eigenvalue weighted by Gasteiger charge is 2.20. The van der Waals surface area contributed by atoms with Crippen molar-refractivity contribution in [3.8, 4) is 22.1 Å². The number of rotatable bonds is 3. The fourth-order valence-electron chi connectivity index (χ4n) is 2.74. The van der Waals surface area contributed by atoms with Crippen molar-refractivity contribution in [3.63, 3.8) is 0 Å². The molecule has 5 heteroatoms. The van der Waals surface area contributed by atoms with E-state index in [0.717, 1.165) is 43.8 Å². The number of nitrogens with zero attached hydrogens (tertiary/aromatic N) is 2. The first-order chi connectivity index (χ1) is 10.5. The maximum atomic E-state index is 11.8. The maximum absolute atomic E-state index is 11.8. The van der Waals surface area contributed by atoms with Gasteiger partial charge < -0.3 is 4.98 Å². The highest BCUT2D eigenvalue weighted by Crippen LogP contribution is 2.35. The van der Waals surface area contributed by atoms with Gasteiger partial charge in [-0.3, -0.25) is 9.78 Å². The number of aryl methyl sites for hydroxylation is 2. The third-order valence-electron chi connectivity index (χ3n) is 3.71. The molecule has 0 amide bonds. The average molecular weight is 311 g/mol. The molecule has 112 valence electrons. The van der Waals surface area contributed by atoms with Crippen molar-refractivity contribution in [2.45, 2.75) is 27.7 Å². The molecule has 0 unspecified atom stereocenters. The fourth-order valence-corrected chi connectivity index (χ4v) is 3.64. The summed E-state index contributed by atoms with van der Waals surface area (Å²) in [6.07, 6.45) is 1.77. The Morgan fingerprint density at radius 2 is 2.00 bits per heavy atom. The molecule has 0 atom stereocenters. The van der Waals surface area contributed by atoms with Crippen molar-refractivity contribution in [3.05, 3.63) is 46.1 Å². The largest absolute Gasteiger partial charge is 0.356 e. The van der Waals surface area contributed by atoms with Crippen molar-refractivity contribution in [2.75, 3.05) is 0 Å². The summed E-state index contributed by atoms with van der Waals surface area (Å²) >= 11 is 1.62. The molecule has 1 N–H and O–H groups in total. The third-order valence-corrected chi connectivity index (χ3v) is 4.70. The Morgan fingerprint density at radius 1 is 1.23 bits per heavy atom. The van der Waals surface area contributed by atoms with E-state index >= 15 is 0 Å². The summed E-state index contributed by atoms with van der Waals surface area (Å²) in [5, 5.41) is 0.893. The number of H-pyrrole nitrogens is 1. The van der Waals surface area contributed by atoms with E-state index in [0.29, 0.717) is 0 Å². The number of aromatic nitrogens is 3. The van der Waals surface area contributed by atoms with Crippen LogP contribution in [0.5, 0.6) is 0 Å². The molecule has 22 heavy (non-hydrogen) atoms. The van der Waals surface area contributed by atoms with Gasteiger partial charge in [-0.15, -0.1) is 11.3 Å². The van der Waals surface area contributed by atoms with E-state index in [-0.39, 0.29) is 5.78 Å². The topological polar surface area (TPSA) is 58.6 Å². The highest BCUT2D eigenvalue weighted by atomic mass is 32.1. The second kappa shape index (κ2) is 5.50. The number of aromatic amines is 1. The minimum atomic E-state index is 0.0790. The fraction of sp³-hybridized carbons (Fsp3) is 0.235. The Bertz CT molecular complexity index is 846. The smallest absolute Gasteiger partial charge is 0.161 e. The monoisotopic (exact) mass is 311 g/mol. The molecule has 3 heterocycles. The van der Waals surface area contributed by atoms with Gasteiger partial charge in [-0.05, 0) is 45.4 Å². The maximum Gasteiger partial charge on any atom is 0.161 e. The Kier molecular flexibility index (Phi) is 3.66. The number of thiazole rings is 1. The number of carbonyl (C=O) groups is 1. The van der Waals surface area contributed by atoms with Crippen molar-refractivity contribution in [1.82, 2.24) is 15.0 Å². The van der Waals surface area contributed by atoms with Crippen LogP contribution in [0.1, 0.15) is 33.4 Å². The molecule has 0 aliphatic rings. The standard InChI is InChI=1S/C17H17N3OS/c1-9-14(11(3)21)10(2)19-15(9)16-12(4)22-17(20-16)13-7-5-6-8-18-13/h5-8,19H,1-4H3. The zero-order chi connectivity index (χ0) is 15.9. The molecule has 0 radical (unpaired) electrons. The lowest BCUT2D eigenvalue weighted by molar-refractivity contribution is 0.101. The predicted molar refractivity (Wildman–Crippen MR) is 89.3 cm³/mol. The van der Waals surface area contributed by atoms with E-state index in [2.05, 4.69) is 9.97 Å². The summed E-state index contributed by atoms with van der Waals surface area (Å²) in [6.45, 7) is 7.53. The zero-order valence-electron chi connectivity index (χ0n) is 13.0. The SMILES string of the molecule is CC(=O)c1c(C)[nH]c(-c2nc(-c3ccccn3)sc2C)c1C. The molecule has 3 aromatic heterocycles. The van der Waals surface area contributed by atoms with Crippen molar-refractivity contribution in [2.24, 2.45) is 0 Å². The van der Waals surface area contributed by atoms with Gasteiger partial charge in [0, 0.05) is 22.3 Å². The Hall–Kier alpha value is -2.27. The molecule has 3 aromatic rings. The van der Waals surface area contributed by atoms with Crippen LogP contribution in [0, 0.1) is 20.8 Å². The van der Waals surface area contributed by atoms with Crippen LogP contribution in [0.4, 0.5) is 0 Å². The lowest BCUT2D eigenvalue weighted by atomic mass is 10.1. The number of Topliss-reactive ketones (excluding diaryl/α,β-unsaturated/α-hetero) is 1. The molecule has 0 spiro atoms. The molecular formula is C17H17N3OS. The summed E-state index contributed by atoms with van der Waals surface area (Å²) in [5.41, 5.74) is 5.33. The van der Waals surface area contributed by atoms with Gasteiger partial charge in [0.1, 0.15) is 10.7 Å². The molecule has 0 aliphatic heterocycles. The van der Waals surface area contributed by atoms with E-state index in [9.17, 15) is 4.79 Å². The van der Waals surface area contributed by atoms with Crippen molar-refractivity contribution in [1.29, 1.82) is 0 Å². The van der Waals surface area contributed by atoms with Gasteiger partial charge in [0.25, 0.3) is 0 Å². The molecule has 0 aromatic carbocycles. The zero-order valence-corrected chi connectivity index (χ0v) is 13.8. The van der Waals surface area contributed by atoms with Crippen LogP contribution in [0.3, 0.4) is 0 Å². The van der Waals surface area contributed by atoms with Crippen LogP contribution in [0.15, 0.2) is 24.4 Å². The van der Waals surface area contributed by atoms with Gasteiger partial charge in [-0.25, -0.2) is 4.98 Å². The predicted octanol–water partition coefficient (Wildman–Crippen LogP) is 4.33. The Balaban J connectivity index is 2.13. The first-order valence-electron chi connectivity index (χ1n) is 7.08. The minimum absolute atomic E-state index is 0.0790. The van der Waals surface area contributed by atoms with Gasteiger partial charge in [-0.2, -0.15) is 0 Å². The van der Waals surface area contributed by atoms with Crippen LogP contribution >= 0.6 is 11.3 Å². The number of nitrogens with one attached hydrogen (secondary N) is 1. The van der Waals surface area contributed by atoms with Gasteiger partial charge in [-0.1, -0.05) is 6.07 Å². The van der Waals surface area contributed by atoms with Gasteiger partial charge in [0.15, 0.2) is 5.78 Å². The van der Waals surface area contributed by atoms with Gasteiger partial charge in [0.2, 0.25) is 0 Å². The molecule has 0 saturated heterocycles. The molecule has 0 aliphatic carbocycles. The Labute approximate surface area is 133 Å². The Morgan fingerprint density at radius 3 is 2.59 bits per heavy atom. The second-order valence-electron chi connectivity index (χ2n) is 5.32. The first kappa shape index (κ1) is 14.7. The van der Waals surface area contributed by atoms with Crippen molar-refractivity contribution < 1.29 is 4.79 Å². The number of carbonyl (C=O) groups excluding carboxylic acids is 1. The highest BCUT2D eigenvalue weighted by molar-refractivity contribution is 7.15. The van der Waals surface area contributed by atoms with E-state index in [4.69, 9.17) is 4.98 Å². The third kappa shape index (κ3) is 2.37. The average Bonchev–Trinajstić information content (AvgIpc) is 3.00. The number of pyridine rings is 1. The lowest BCUT2D eigenvalue weighted by Gasteiger charge is -1.98. The number of hydrogen-bond acceptors (Lipinski definition) is 4. The van der Waals surface area contributed by atoms with Crippen LogP contribution in [-0.2, 0) is 0 Å². The first-order valence-corrected chi connectivity index (χ1v) is 7.90. The summed E-state index contributed by atoms with van der Waals surface area (Å²) in [5.74, 6) is 0.0790. The summed E-state index contributed by atoms with van der Waals surface area (Å²) in [6, 6.07) is 5.80. The normalized spacial score (nSPS) is 10.9. The molecule has 3 rings (SSSR count). The summed E-state index contributed by atoms with van der Waals surface area (Å²) in [4.78, 5) is 25.3. The minimum Gasteiger partial charge on any atom is -0.356 e. The van der Waals surface area contributed by atoms with E-state index in [1.807, 2.05) is 39.0 Å². The van der Waals surface area contributed by atoms with Crippen LogP contribution < -0.4 is 0 Å². The van der Waals surface area contributed by atoms with Crippen LogP contribution in [0.25, 0.3) is 22.1 Å². The number of ketones is 1. The molecule has 4 nitrogen and oxygen atoms in total. The van der Waals surface area contributed by atoms with Gasteiger partial charge >= 0.3 is 0 Å². The molecule has 0 saturated carbocycles. The van der Waals surface area contributed by atoms with Crippen LogP contribution in [-0.4, -0.2) is 20.7 Å². The van der Waals surface area contributed by atoms with E-state index in [1.165, 1.54) is 0 Å². The summed E-state index contributed by atoms with van der Waals surface area (Å²) in [7, 11) is 0. The number of hydrogen-bond donors (Lipinski definition) is 1. The lowest BCUT2D eigenvalue weighted by Crippen LogP contribution is -1.95. The molecule has 0 fully saturated rings. The summed E-state index contributed by atoms with van der Waals surface area (Å²) < 4.78 is 0. The molecule has 0 bridgehead atoms. The quantitative estimate of drug-likeness (QED) is 0.732.